The van der Waals surface area contributed by atoms with Gasteiger partial charge >= 0.3 is 0 Å². The van der Waals surface area contributed by atoms with Crippen LogP contribution in [0.25, 0.3) is 10.9 Å². The minimum absolute atomic E-state index is 0.590. The lowest BCUT2D eigenvalue weighted by Crippen LogP contribution is -2.07. The number of benzene rings is 1. The number of anilines is 1. The lowest BCUT2D eigenvalue weighted by Gasteiger charge is -2.09. The lowest BCUT2D eigenvalue weighted by molar-refractivity contribution is 0.419. The summed E-state index contributed by atoms with van der Waals surface area (Å²) >= 11 is 6.08. The highest BCUT2D eigenvalue weighted by Crippen LogP contribution is 2.34. The number of halogens is 1. The molecule has 78 valence electrons. The van der Waals surface area contributed by atoms with Crippen LogP contribution in [-0.4, -0.2) is 12.1 Å². The second-order valence-corrected chi connectivity index (χ2v) is 3.38. The number of hydrogen-bond donors (Lipinski definition) is 2. The van der Waals surface area contributed by atoms with Crippen LogP contribution in [0.3, 0.4) is 0 Å². The zero-order valence-corrected chi connectivity index (χ0v) is 8.88. The number of hydrazine groups is 1. The molecule has 0 aliphatic carbocycles. The zero-order valence-electron chi connectivity index (χ0n) is 8.12. The number of pyridine rings is 1. The van der Waals surface area contributed by atoms with Gasteiger partial charge in [-0.1, -0.05) is 11.6 Å². The average molecular weight is 224 g/mol. The van der Waals surface area contributed by atoms with Gasteiger partial charge < -0.3 is 10.2 Å². The van der Waals surface area contributed by atoms with Crippen LogP contribution in [0.4, 0.5) is 5.69 Å². The van der Waals surface area contributed by atoms with Crippen molar-refractivity contribution in [3.8, 4) is 5.75 Å². The molecule has 2 aromatic rings. The Hall–Kier alpha value is -1.52. The number of ether oxygens (including phenoxy) is 1. The SMILES string of the molecule is COc1ccc(Cl)c2c(NN)ccnc12. The van der Waals surface area contributed by atoms with Crippen LogP contribution in [0.2, 0.25) is 5.02 Å². The zero-order chi connectivity index (χ0) is 10.8. The maximum absolute atomic E-state index is 6.08. The summed E-state index contributed by atoms with van der Waals surface area (Å²) in [6, 6.07) is 5.29. The second-order valence-electron chi connectivity index (χ2n) is 2.98. The van der Waals surface area contributed by atoms with Gasteiger partial charge in [-0.2, -0.15) is 0 Å². The first-order chi connectivity index (χ1) is 7.27. The van der Waals surface area contributed by atoms with E-state index in [1.165, 1.54) is 0 Å². The van der Waals surface area contributed by atoms with Gasteiger partial charge in [0.25, 0.3) is 0 Å². The summed E-state index contributed by atoms with van der Waals surface area (Å²) in [6.45, 7) is 0. The molecule has 0 saturated carbocycles. The average Bonchev–Trinajstić information content (AvgIpc) is 2.29. The van der Waals surface area contributed by atoms with Crippen LogP contribution in [0, 0.1) is 0 Å². The number of methoxy groups -OCH3 is 1. The van der Waals surface area contributed by atoms with E-state index in [9.17, 15) is 0 Å². The van der Waals surface area contributed by atoms with Crippen LogP contribution in [-0.2, 0) is 0 Å². The van der Waals surface area contributed by atoms with E-state index in [-0.39, 0.29) is 0 Å². The Morgan fingerprint density at radius 1 is 1.40 bits per heavy atom. The third-order valence-electron chi connectivity index (χ3n) is 2.18. The number of nitrogens with zero attached hydrogens (tertiary/aromatic N) is 1. The highest BCUT2D eigenvalue weighted by atomic mass is 35.5. The molecule has 0 atom stereocenters. The van der Waals surface area contributed by atoms with Crippen molar-refractivity contribution in [2.24, 2.45) is 5.84 Å². The molecular formula is C10H10ClN3O. The molecule has 4 nitrogen and oxygen atoms in total. The van der Waals surface area contributed by atoms with Gasteiger partial charge in [0.1, 0.15) is 11.3 Å². The van der Waals surface area contributed by atoms with E-state index in [2.05, 4.69) is 10.4 Å². The molecule has 0 amide bonds. The number of hydrogen-bond acceptors (Lipinski definition) is 4. The van der Waals surface area contributed by atoms with Crippen molar-refractivity contribution >= 4 is 28.2 Å². The highest BCUT2D eigenvalue weighted by molar-refractivity contribution is 6.36. The number of nitrogens with one attached hydrogen (secondary N) is 1. The minimum atomic E-state index is 0.590. The highest BCUT2D eigenvalue weighted by Gasteiger charge is 2.09. The summed E-state index contributed by atoms with van der Waals surface area (Å²) < 4.78 is 5.19. The summed E-state index contributed by atoms with van der Waals surface area (Å²) in [5.41, 5.74) is 4.00. The standard InChI is InChI=1S/C10H10ClN3O/c1-15-8-3-2-6(11)9-7(14-12)4-5-13-10(8)9/h2-5H,12H2,1H3,(H,13,14). The van der Waals surface area contributed by atoms with E-state index >= 15 is 0 Å². The molecule has 0 aliphatic heterocycles. The van der Waals surface area contributed by atoms with E-state index in [0.717, 1.165) is 11.1 Å². The fourth-order valence-corrected chi connectivity index (χ4v) is 1.74. The van der Waals surface area contributed by atoms with Crippen molar-refractivity contribution in [2.75, 3.05) is 12.5 Å². The van der Waals surface area contributed by atoms with Crippen LogP contribution >= 0.6 is 11.6 Å². The first-order valence-electron chi connectivity index (χ1n) is 4.35. The topological polar surface area (TPSA) is 60.2 Å². The molecule has 0 bridgehead atoms. The lowest BCUT2D eigenvalue weighted by atomic mass is 10.2. The first-order valence-corrected chi connectivity index (χ1v) is 4.73. The van der Waals surface area contributed by atoms with E-state index in [4.69, 9.17) is 22.2 Å². The van der Waals surface area contributed by atoms with Gasteiger partial charge in [-0.15, -0.1) is 0 Å². The summed E-state index contributed by atoms with van der Waals surface area (Å²) in [5.74, 6) is 6.07. The molecule has 0 fully saturated rings. The van der Waals surface area contributed by atoms with Crippen molar-refractivity contribution in [2.45, 2.75) is 0 Å². The Bertz CT molecular complexity index is 501. The normalized spacial score (nSPS) is 10.3. The number of nitrogen functional groups attached to an aromatic ring is 1. The Morgan fingerprint density at radius 3 is 2.87 bits per heavy atom. The smallest absolute Gasteiger partial charge is 0.145 e. The van der Waals surface area contributed by atoms with Gasteiger partial charge in [-0.05, 0) is 18.2 Å². The van der Waals surface area contributed by atoms with Crippen LogP contribution < -0.4 is 16.0 Å². The van der Waals surface area contributed by atoms with E-state index < -0.39 is 0 Å². The Morgan fingerprint density at radius 2 is 2.20 bits per heavy atom. The molecule has 5 heteroatoms. The molecule has 2 rings (SSSR count). The second kappa shape index (κ2) is 3.92. The Balaban J connectivity index is 2.86. The summed E-state index contributed by atoms with van der Waals surface area (Å²) in [4.78, 5) is 4.22. The van der Waals surface area contributed by atoms with Crippen LogP contribution in [0.1, 0.15) is 0 Å². The van der Waals surface area contributed by atoms with Crippen molar-refractivity contribution in [1.29, 1.82) is 0 Å². The van der Waals surface area contributed by atoms with E-state index in [1.807, 2.05) is 0 Å². The van der Waals surface area contributed by atoms with Gasteiger partial charge in [0.05, 0.1) is 17.8 Å². The Labute approximate surface area is 92.0 Å². The molecule has 1 heterocycles. The number of nitrogens with two attached hydrogens (primary N) is 1. The number of rotatable bonds is 2. The summed E-state index contributed by atoms with van der Waals surface area (Å²) in [6.07, 6.45) is 1.65. The van der Waals surface area contributed by atoms with Crippen LogP contribution in [0.5, 0.6) is 5.75 Å². The van der Waals surface area contributed by atoms with Crippen LogP contribution in [0.15, 0.2) is 24.4 Å². The summed E-state index contributed by atoms with van der Waals surface area (Å²) in [5, 5.41) is 1.35. The third-order valence-corrected chi connectivity index (χ3v) is 2.49. The predicted octanol–water partition coefficient (Wildman–Crippen LogP) is 2.18. The molecule has 15 heavy (non-hydrogen) atoms. The van der Waals surface area contributed by atoms with E-state index in [0.29, 0.717) is 16.3 Å². The number of fused-ring (bicyclic) bond motifs is 1. The van der Waals surface area contributed by atoms with Gasteiger partial charge in [0.2, 0.25) is 0 Å². The fourth-order valence-electron chi connectivity index (χ4n) is 1.49. The molecule has 0 aliphatic rings. The van der Waals surface area contributed by atoms with Gasteiger partial charge in [-0.25, -0.2) is 0 Å². The van der Waals surface area contributed by atoms with Crippen molar-refractivity contribution in [3.05, 3.63) is 29.4 Å². The maximum Gasteiger partial charge on any atom is 0.145 e. The molecule has 0 saturated heterocycles. The third kappa shape index (κ3) is 1.58. The minimum Gasteiger partial charge on any atom is -0.494 e. The molecule has 1 aromatic carbocycles. The molecule has 0 radical (unpaired) electrons. The maximum atomic E-state index is 6.08. The predicted molar refractivity (Wildman–Crippen MR) is 61.1 cm³/mol. The van der Waals surface area contributed by atoms with E-state index in [1.54, 1.807) is 31.5 Å². The molecule has 3 N–H and O–H groups in total. The largest absolute Gasteiger partial charge is 0.494 e. The monoisotopic (exact) mass is 223 g/mol. The van der Waals surface area contributed by atoms with Crippen molar-refractivity contribution < 1.29 is 4.74 Å². The molecule has 1 aromatic heterocycles. The fraction of sp³-hybridized carbons (Fsp3) is 0.100. The first kappa shape index (κ1) is 10.0. The van der Waals surface area contributed by atoms with Gasteiger partial charge in [0, 0.05) is 11.6 Å². The molecule has 0 spiro atoms. The number of aromatic nitrogens is 1. The van der Waals surface area contributed by atoms with Gasteiger partial charge in [0.15, 0.2) is 0 Å². The van der Waals surface area contributed by atoms with Crippen molar-refractivity contribution in [3.63, 3.8) is 0 Å². The Kier molecular flexibility index (Phi) is 2.62. The molecular weight excluding hydrogens is 214 g/mol. The molecule has 0 unspecified atom stereocenters. The van der Waals surface area contributed by atoms with Crippen molar-refractivity contribution in [1.82, 2.24) is 4.98 Å². The summed E-state index contributed by atoms with van der Waals surface area (Å²) in [7, 11) is 1.59. The quantitative estimate of drug-likeness (QED) is 0.605. The van der Waals surface area contributed by atoms with Gasteiger partial charge in [-0.3, -0.25) is 10.8 Å².